The van der Waals surface area contributed by atoms with Crippen LogP contribution in [0.5, 0.6) is 0 Å². The molecular formula is C17H17N3O3. The molecule has 1 N–H and O–H groups in total. The van der Waals surface area contributed by atoms with E-state index in [-0.39, 0.29) is 18.4 Å². The van der Waals surface area contributed by atoms with E-state index >= 15 is 0 Å². The smallest absolute Gasteiger partial charge is 0.308 e. The van der Waals surface area contributed by atoms with Gasteiger partial charge in [-0.1, -0.05) is 30.3 Å². The number of hydrogen-bond acceptors (Lipinski definition) is 4. The van der Waals surface area contributed by atoms with Crippen molar-refractivity contribution in [3.8, 4) is 0 Å². The minimum atomic E-state index is -0.879. The Kier molecular flexibility index (Phi) is 4.06. The van der Waals surface area contributed by atoms with Crippen molar-refractivity contribution >= 4 is 11.9 Å². The molecule has 1 aromatic heterocycles. The van der Waals surface area contributed by atoms with Gasteiger partial charge in [0.15, 0.2) is 0 Å². The maximum Gasteiger partial charge on any atom is 0.308 e. The summed E-state index contributed by atoms with van der Waals surface area (Å²) < 4.78 is 0. The number of carboxylic acids is 1. The number of carbonyl (C=O) groups is 2. The minimum Gasteiger partial charge on any atom is -0.481 e. The number of benzene rings is 1. The highest BCUT2D eigenvalue weighted by Gasteiger charge is 2.40. The molecule has 3 rings (SSSR count). The average molecular weight is 311 g/mol. The molecule has 1 amide bonds. The van der Waals surface area contributed by atoms with Crippen LogP contribution in [0.15, 0.2) is 42.9 Å². The largest absolute Gasteiger partial charge is 0.481 e. The maximum absolute atomic E-state index is 12.7. The normalized spacial score (nSPS) is 20.5. The van der Waals surface area contributed by atoms with Crippen molar-refractivity contribution in [2.45, 2.75) is 12.8 Å². The Balaban J connectivity index is 1.87. The van der Waals surface area contributed by atoms with Gasteiger partial charge in [0, 0.05) is 25.2 Å². The number of aliphatic carboxylic acids is 1. The highest BCUT2D eigenvalue weighted by Crippen LogP contribution is 2.33. The van der Waals surface area contributed by atoms with E-state index in [1.165, 1.54) is 12.5 Å². The molecule has 1 aliphatic heterocycles. The molecule has 0 radical (unpaired) electrons. The van der Waals surface area contributed by atoms with Gasteiger partial charge in [-0.05, 0) is 12.5 Å². The lowest BCUT2D eigenvalue weighted by atomic mass is 9.89. The summed E-state index contributed by atoms with van der Waals surface area (Å²) in [5, 5.41) is 9.51. The van der Waals surface area contributed by atoms with E-state index < -0.39 is 11.9 Å². The molecule has 118 valence electrons. The molecule has 2 aromatic rings. The van der Waals surface area contributed by atoms with Gasteiger partial charge in [0.25, 0.3) is 5.91 Å². The number of aryl methyl sites for hydroxylation is 1. The van der Waals surface area contributed by atoms with Gasteiger partial charge in [-0.2, -0.15) is 0 Å². The monoisotopic (exact) mass is 311 g/mol. The molecule has 1 fully saturated rings. The summed E-state index contributed by atoms with van der Waals surface area (Å²) in [5.41, 5.74) is 1.96. The van der Waals surface area contributed by atoms with Gasteiger partial charge in [0.2, 0.25) is 0 Å². The highest BCUT2D eigenvalue weighted by atomic mass is 16.4. The minimum absolute atomic E-state index is 0.196. The number of hydrogen-bond donors (Lipinski definition) is 1. The fourth-order valence-corrected chi connectivity index (χ4v) is 3.03. The number of aromatic nitrogens is 2. The molecule has 6 heteroatoms. The molecule has 0 unspecified atom stereocenters. The predicted octanol–water partition coefficient (Wildman–Crippen LogP) is 1.73. The number of amides is 1. The maximum atomic E-state index is 12.7. The fourth-order valence-electron chi connectivity index (χ4n) is 3.03. The third-order valence-corrected chi connectivity index (χ3v) is 4.29. The summed E-state index contributed by atoms with van der Waals surface area (Å²) in [6.45, 7) is 2.32. The number of carbonyl (C=O) groups excluding carboxylic acids is 1. The predicted molar refractivity (Wildman–Crippen MR) is 83.0 cm³/mol. The van der Waals surface area contributed by atoms with Crippen molar-refractivity contribution in [1.29, 1.82) is 0 Å². The van der Waals surface area contributed by atoms with Gasteiger partial charge in [0.05, 0.1) is 17.2 Å². The van der Waals surface area contributed by atoms with Crippen LogP contribution in [0.1, 0.15) is 27.5 Å². The SMILES string of the molecule is Cc1ncncc1C(=O)N1C[C@H](C(=O)O)[C@H](c2ccccc2)C1. The topological polar surface area (TPSA) is 83.4 Å². The first kappa shape index (κ1) is 15.1. The van der Waals surface area contributed by atoms with Gasteiger partial charge >= 0.3 is 5.97 Å². The van der Waals surface area contributed by atoms with Gasteiger partial charge < -0.3 is 10.0 Å². The van der Waals surface area contributed by atoms with Crippen molar-refractivity contribution in [3.63, 3.8) is 0 Å². The zero-order valence-electron chi connectivity index (χ0n) is 12.7. The van der Waals surface area contributed by atoms with Crippen LogP contribution >= 0.6 is 0 Å². The quantitative estimate of drug-likeness (QED) is 0.933. The molecule has 1 aliphatic rings. The van der Waals surface area contributed by atoms with Gasteiger partial charge in [-0.25, -0.2) is 9.97 Å². The van der Waals surface area contributed by atoms with Crippen molar-refractivity contribution in [2.24, 2.45) is 5.92 Å². The Morgan fingerprint density at radius 2 is 1.96 bits per heavy atom. The fraction of sp³-hybridized carbons (Fsp3) is 0.294. The third kappa shape index (κ3) is 2.92. The van der Waals surface area contributed by atoms with Crippen LogP contribution < -0.4 is 0 Å². The summed E-state index contributed by atoms with van der Waals surface area (Å²) in [5.74, 6) is -1.91. The van der Waals surface area contributed by atoms with Crippen molar-refractivity contribution < 1.29 is 14.7 Å². The van der Waals surface area contributed by atoms with Crippen LogP contribution in [0.2, 0.25) is 0 Å². The van der Waals surface area contributed by atoms with Gasteiger partial charge in [-0.3, -0.25) is 9.59 Å². The lowest BCUT2D eigenvalue weighted by Crippen LogP contribution is -2.30. The zero-order chi connectivity index (χ0) is 16.4. The van der Waals surface area contributed by atoms with E-state index in [4.69, 9.17) is 0 Å². The molecule has 23 heavy (non-hydrogen) atoms. The van der Waals surface area contributed by atoms with Crippen LogP contribution in [-0.4, -0.2) is 44.9 Å². The third-order valence-electron chi connectivity index (χ3n) is 4.29. The number of nitrogens with zero attached hydrogens (tertiary/aromatic N) is 3. The summed E-state index contributed by atoms with van der Waals surface area (Å²) in [6, 6.07) is 9.47. The Hall–Kier alpha value is -2.76. The Bertz CT molecular complexity index is 733. The Morgan fingerprint density at radius 1 is 1.22 bits per heavy atom. The first-order chi connectivity index (χ1) is 11.1. The summed E-state index contributed by atoms with van der Waals surface area (Å²) >= 11 is 0. The molecule has 1 saturated heterocycles. The van der Waals surface area contributed by atoms with E-state index in [1.807, 2.05) is 30.3 Å². The second kappa shape index (κ2) is 6.16. The average Bonchev–Trinajstić information content (AvgIpc) is 3.01. The van der Waals surface area contributed by atoms with Crippen LogP contribution in [0.3, 0.4) is 0 Å². The first-order valence-corrected chi connectivity index (χ1v) is 7.41. The number of rotatable bonds is 3. The van der Waals surface area contributed by atoms with E-state index in [2.05, 4.69) is 9.97 Å². The Morgan fingerprint density at radius 3 is 2.61 bits per heavy atom. The van der Waals surface area contributed by atoms with Crippen molar-refractivity contribution in [1.82, 2.24) is 14.9 Å². The van der Waals surface area contributed by atoms with Crippen LogP contribution in [0.4, 0.5) is 0 Å². The van der Waals surface area contributed by atoms with Crippen molar-refractivity contribution in [3.05, 3.63) is 59.7 Å². The molecule has 0 aliphatic carbocycles. The first-order valence-electron chi connectivity index (χ1n) is 7.41. The van der Waals surface area contributed by atoms with E-state index in [0.29, 0.717) is 17.8 Å². The van der Waals surface area contributed by atoms with Gasteiger partial charge in [-0.15, -0.1) is 0 Å². The van der Waals surface area contributed by atoms with Crippen LogP contribution in [0.25, 0.3) is 0 Å². The zero-order valence-corrected chi connectivity index (χ0v) is 12.7. The highest BCUT2D eigenvalue weighted by molar-refractivity contribution is 5.95. The van der Waals surface area contributed by atoms with Crippen molar-refractivity contribution in [2.75, 3.05) is 13.1 Å². The second-order valence-electron chi connectivity index (χ2n) is 5.69. The number of likely N-dealkylation sites (tertiary alicyclic amines) is 1. The summed E-state index contributed by atoms with van der Waals surface area (Å²) in [4.78, 5) is 33.8. The van der Waals surface area contributed by atoms with E-state index in [0.717, 1.165) is 5.56 Å². The molecule has 0 spiro atoms. The molecule has 2 atom stereocenters. The lowest BCUT2D eigenvalue weighted by molar-refractivity contribution is -0.141. The van der Waals surface area contributed by atoms with Gasteiger partial charge in [0.1, 0.15) is 6.33 Å². The molecular weight excluding hydrogens is 294 g/mol. The molecule has 6 nitrogen and oxygen atoms in total. The molecule has 0 bridgehead atoms. The lowest BCUT2D eigenvalue weighted by Gasteiger charge is -2.17. The van der Waals surface area contributed by atoms with Crippen LogP contribution in [0, 0.1) is 12.8 Å². The second-order valence-corrected chi connectivity index (χ2v) is 5.69. The molecule has 2 heterocycles. The summed E-state index contributed by atoms with van der Waals surface area (Å²) in [6.07, 6.45) is 2.87. The van der Waals surface area contributed by atoms with E-state index in [9.17, 15) is 14.7 Å². The number of carboxylic acid groups (broad SMARTS) is 1. The molecule has 1 aromatic carbocycles. The Labute approximate surface area is 133 Å². The van der Waals surface area contributed by atoms with E-state index in [1.54, 1.807) is 11.8 Å². The standard InChI is InChI=1S/C17H17N3O3/c1-11-13(7-18-10-19-11)16(21)20-8-14(15(9-20)17(22)23)12-5-3-2-4-6-12/h2-7,10,14-15H,8-9H2,1H3,(H,22,23)/t14-,15-/m0/s1. The summed E-state index contributed by atoms with van der Waals surface area (Å²) in [7, 11) is 0. The molecule has 0 saturated carbocycles. The van der Waals surface area contributed by atoms with Crippen LogP contribution in [-0.2, 0) is 4.79 Å².